The third kappa shape index (κ3) is 7.16. The number of carbonyl (C=O) groups excluding carboxylic acids is 2. The predicted octanol–water partition coefficient (Wildman–Crippen LogP) is 5.16. The molecular weight excluding hydrogens is 304 g/mol. The molecule has 134 valence electrons. The summed E-state index contributed by atoms with van der Waals surface area (Å²) in [5.41, 5.74) is 0.544. The number of esters is 2. The van der Waals surface area contributed by atoms with E-state index in [0.717, 1.165) is 19.3 Å². The van der Waals surface area contributed by atoms with E-state index in [9.17, 15) is 9.59 Å². The third-order valence-electron chi connectivity index (χ3n) is 3.98. The van der Waals surface area contributed by atoms with Crippen LogP contribution in [-0.2, 0) is 9.47 Å². The number of hydrogen-bond acceptors (Lipinski definition) is 4. The molecule has 1 aromatic rings. The van der Waals surface area contributed by atoms with E-state index < -0.39 is 11.9 Å². The van der Waals surface area contributed by atoms with Crippen LogP contribution in [0.3, 0.4) is 0 Å². The average molecular weight is 334 g/mol. The summed E-state index contributed by atoms with van der Waals surface area (Å²) in [5, 5.41) is 0. The highest BCUT2D eigenvalue weighted by molar-refractivity contribution is 6.03. The van der Waals surface area contributed by atoms with Crippen molar-refractivity contribution in [3.63, 3.8) is 0 Å². The predicted molar refractivity (Wildman–Crippen MR) is 95.3 cm³/mol. The molecule has 4 heteroatoms. The van der Waals surface area contributed by atoms with Gasteiger partial charge in [-0.2, -0.15) is 0 Å². The Kier molecular flexibility index (Phi) is 9.81. The molecule has 0 saturated carbocycles. The van der Waals surface area contributed by atoms with Crippen LogP contribution in [0.4, 0.5) is 0 Å². The van der Waals surface area contributed by atoms with Gasteiger partial charge in [-0.15, -0.1) is 0 Å². The van der Waals surface area contributed by atoms with Crippen molar-refractivity contribution < 1.29 is 19.1 Å². The lowest BCUT2D eigenvalue weighted by atomic mass is 10.1. The molecule has 0 radical (unpaired) electrons. The highest BCUT2D eigenvalue weighted by atomic mass is 16.5. The van der Waals surface area contributed by atoms with Gasteiger partial charge in [0.15, 0.2) is 0 Å². The van der Waals surface area contributed by atoms with E-state index in [0.29, 0.717) is 6.61 Å². The van der Waals surface area contributed by atoms with Gasteiger partial charge in [0.2, 0.25) is 0 Å². The van der Waals surface area contributed by atoms with Crippen molar-refractivity contribution >= 4 is 11.9 Å². The molecule has 4 nitrogen and oxygen atoms in total. The standard InChI is InChI=1S/C20H30O4/c1-4-6-7-8-9-12-15-23-19(21)17-13-10-11-14-18(17)20(22)24-16(3)5-2/h10-11,13-14,16H,4-9,12,15H2,1-3H3. The second-order valence-electron chi connectivity index (χ2n) is 6.07. The number of unbranched alkanes of at least 4 members (excludes halogenated alkanes) is 5. The highest BCUT2D eigenvalue weighted by Gasteiger charge is 2.20. The Morgan fingerprint density at radius 3 is 2.12 bits per heavy atom. The second-order valence-corrected chi connectivity index (χ2v) is 6.07. The molecule has 0 spiro atoms. The van der Waals surface area contributed by atoms with Crippen molar-refractivity contribution in [2.75, 3.05) is 6.61 Å². The van der Waals surface area contributed by atoms with Crippen LogP contribution in [0.25, 0.3) is 0 Å². The monoisotopic (exact) mass is 334 g/mol. The lowest BCUT2D eigenvalue weighted by molar-refractivity contribution is 0.0321. The zero-order valence-electron chi connectivity index (χ0n) is 15.2. The number of ether oxygens (including phenoxy) is 2. The van der Waals surface area contributed by atoms with Crippen LogP contribution in [-0.4, -0.2) is 24.6 Å². The normalized spacial score (nSPS) is 11.8. The molecule has 24 heavy (non-hydrogen) atoms. The van der Waals surface area contributed by atoms with E-state index in [1.807, 2.05) is 13.8 Å². The summed E-state index contributed by atoms with van der Waals surface area (Å²) >= 11 is 0. The minimum Gasteiger partial charge on any atom is -0.462 e. The van der Waals surface area contributed by atoms with Crippen LogP contribution in [0.5, 0.6) is 0 Å². The van der Waals surface area contributed by atoms with Crippen LogP contribution < -0.4 is 0 Å². The Hall–Kier alpha value is -1.84. The Morgan fingerprint density at radius 1 is 0.917 bits per heavy atom. The SMILES string of the molecule is CCCCCCCCOC(=O)c1ccccc1C(=O)OC(C)CC. The summed E-state index contributed by atoms with van der Waals surface area (Å²) in [4.78, 5) is 24.4. The Balaban J connectivity index is 2.51. The highest BCUT2D eigenvalue weighted by Crippen LogP contribution is 2.14. The Bertz CT molecular complexity index is 510. The van der Waals surface area contributed by atoms with Gasteiger partial charge in [0.05, 0.1) is 23.8 Å². The molecule has 0 N–H and O–H groups in total. The van der Waals surface area contributed by atoms with E-state index in [4.69, 9.17) is 9.47 Å². The van der Waals surface area contributed by atoms with E-state index in [2.05, 4.69) is 6.92 Å². The van der Waals surface area contributed by atoms with Gasteiger partial charge in [-0.05, 0) is 31.9 Å². The first kappa shape index (κ1) is 20.2. The quantitative estimate of drug-likeness (QED) is 0.414. The van der Waals surface area contributed by atoms with Crippen LogP contribution in [0.15, 0.2) is 24.3 Å². The molecule has 1 rings (SSSR count). The van der Waals surface area contributed by atoms with Crippen LogP contribution >= 0.6 is 0 Å². The minimum atomic E-state index is -0.475. The summed E-state index contributed by atoms with van der Waals surface area (Å²) in [5.74, 6) is -0.934. The number of hydrogen-bond donors (Lipinski definition) is 0. The summed E-state index contributed by atoms with van der Waals surface area (Å²) < 4.78 is 10.6. The molecule has 1 atom stereocenters. The summed E-state index contributed by atoms with van der Waals surface area (Å²) in [7, 11) is 0. The summed E-state index contributed by atoms with van der Waals surface area (Å²) in [6.45, 7) is 6.35. The van der Waals surface area contributed by atoms with Crippen LogP contribution in [0.2, 0.25) is 0 Å². The molecule has 0 aromatic heterocycles. The van der Waals surface area contributed by atoms with Crippen molar-refractivity contribution in [1.82, 2.24) is 0 Å². The van der Waals surface area contributed by atoms with Gasteiger partial charge < -0.3 is 9.47 Å². The maximum atomic E-state index is 12.2. The third-order valence-corrected chi connectivity index (χ3v) is 3.98. The van der Waals surface area contributed by atoms with Crippen LogP contribution in [0.1, 0.15) is 86.4 Å². The maximum absolute atomic E-state index is 12.2. The van der Waals surface area contributed by atoms with Gasteiger partial charge in [-0.3, -0.25) is 0 Å². The molecule has 0 bridgehead atoms. The molecule has 0 heterocycles. The van der Waals surface area contributed by atoms with Crippen LogP contribution in [0, 0.1) is 0 Å². The van der Waals surface area contributed by atoms with E-state index in [-0.39, 0.29) is 17.2 Å². The number of carbonyl (C=O) groups is 2. The smallest absolute Gasteiger partial charge is 0.339 e. The molecule has 0 saturated heterocycles. The maximum Gasteiger partial charge on any atom is 0.339 e. The van der Waals surface area contributed by atoms with Gasteiger partial charge in [0.1, 0.15) is 0 Å². The first-order valence-corrected chi connectivity index (χ1v) is 9.07. The minimum absolute atomic E-state index is 0.176. The van der Waals surface area contributed by atoms with E-state index in [1.165, 1.54) is 25.7 Å². The largest absolute Gasteiger partial charge is 0.462 e. The van der Waals surface area contributed by atoms with Gasteiger partial charge in [0.25, 0.3) is 0 Å². The molecule has 0 aliphatic carbocycles. The molecule has 0 amide bonds. The number of rotatable bonds is 11. The fraction of sp³-hybridized carbons (Fsp3) is 0.600. The average Bonchev–Trinajstić information content (AvgIpc) is 2.60. The van der Waals surface area contributed by atoms with Gasteiger partial charge in [0, 0.05) is 0 Å². The van der Waals surface area contributed by atoms with Gasteiger partial charge in [-0.25, -0.2) is 9.59 Å². The molecule has 0 fully saturated rings. The Morgan fingerprint density at radius 2 is 1.50 bits per heavy atom. The lowest BCUT2D eigenvalue weighted by Gasteiger charge is -2.13. The van der Waals surface area contributed by atoms with Gasteiger partial charge >= 0.3 is 11.9 Å². The fourth-order valence-electron chi connectivity index (χ4n) is 2.29. The summed E-state index contributed by atoms with van der Waals surface area (Å²) in [6.07, 6.45) is 7.35. The number of benzene rings is 1. The second kappa shape index (κ2) is 11.7. The molecule has 1 unspecified atom stereocenters. The van der Waals surface area contributed by atoms with Gasteiger partial charge in [-0.1, -0.05) is 58.1 Å². The molecule has 1 aromatic carbocycles. The zero-order valence-corrected chi connectivity index (χ0v) is 15.2. The van der Waals surface area contributed by atoms with Crippen molar-refractivity contribution in [3.8, 4) is 0 Å². The van der Waals surface area contributed by atoms with Crippen molar-refractivity contribution in [2.45, 2.75) is 71.8 Å². The molecule has 0 aliphatic rings. The van der Waals surface area contributed by atoms with Crippen molar-refractivity contribution in [2.24, 2.45) is 0 Å². The summed E-state index contributed by atoms with van der Waals surface area (Å²) in [6, 6.07) is 6.65. The van der Waals surface area contributed by atoms with E-state index >= 15 is 0 Å². The fourth-order valence-corrected chi connectivity index (χ4v) is 2.29. The zero-order chi connectivity index (χ0) is 17.8. The van der Waals surface area contributed by atoms with E-state index in [1.54, 1.807) is 24.3 Å². The molecular formula is C20H30O4. The first-order valence-electron chi connectivity index (χ1n) is 9.07. The lowest BCUT2D eigenvalue weighted by Crippen LogP contribution is -2.18. The van der Waals surface area contributed by atoms with Crippen molar-refractivity contribution in [1.29, 1.82) is 0 Å². The van der Waals surface area contributed by atoms with Crippen molar-refractivity contribution in [3.05, 3.63) is 35.4 Å². The molecule has 0 aliphatic heterocycles. The topological polar surface area (TPSA) is 52.6 Å². The Labute approximate surface area is 145 Å². The first-order chi connectivity index (χ1) is 11.6.